The molecule has 3 aromatic carbocycles. The Morgan fingerprint density at radius 2 is 1.53 bits per heavy atom. The highest BCUT2D eigenvalue weighted by Crippen LogP contribution is 2.48. The number of carboxylic acids is 1. The largest absolute Gasteiger partial charge is 0.481 e. The molecule has 4 aromatic rings. The molecule has 1 aliphatic rings. The average molecular weight is 482 g/mol. The van der Waals surface area contributed by atoms with Gasteiger partial charge in [0.25, 0.3) is 0 Å². The Balaban J connectivity index is 1.30. The topological polar surface area (TPSA) is 93.4 Å². The van der Waals surface area contributed by atoms with E-state index >= 15 is 0 Å². The van der Waals surface area contributed by atoms with E-state index in [2.05, 4.69) is 10.4 Å². The van der Waals surface area contributed by atoms with E-state index in [1.807, 2.05) is 85.8 Å². The lowest BCUT2D eigenvalue weighted by atomic mass is 9.93. The molecule has 36 heavy (non-hydrogen) atoms. The van der Waals surface area contributed by atoms with Gasteiger partial charge < -0.3 is 9.84 Å². The summed E-state index contributed by atoms with van der Waals surface area (Å²) in [6.45, 7) is 1.83. The van der Waals surface area contributed by atoms with E-state index < -0.39 is 17.5 Å². The maximum absolute atomic E-state index is 12.6. The number of carbonyl (C=O) groups excluding carboxylic acids is 1. The van der Waals surface area contributed by atoms with E-state index in [1.165, 1.54) is 0 Å². The van der Waals surface area contributed by atoms with E-state index in [0.717, 1.165) is 33.4 Å². The lowest BCUT2D eigenvalue weighted by Crippen LogP contribution is -2.19. The number of carbonyl (C=O) groups is 2. The molecule has 1 fully saturated rings. The SMILES string of the molecule is C[C@@H](OC(=O)Nc1c(-c2ccc(-c3ccc(C4(C(=O)O)CC4)cc3)cc2)cnn1C)c1ccccc1. The minimum absolute atomic E-state index is 0.390. The first-order chi connectivity index (χ1) is 17.4. The van der Waals surface area contributed by atoms with Crippen molar-refractivity contribution in [1.29, 1.82) is 0 Å². The summed E-state index contributed by atoms with van der Waals surface area (Å²) >= 11 is 0. The second-order valence-electron chi connectivity index (χ2n) is 9.16. The van der Waals surface area contributed by atoms with E-state index in [9.17, 15) is 14.7 Å². The number of aromatic nitrogens is 2. The third kappa shape index (κ3) is 4.47. The molecule has 0 aliphatic heterocycles. The third-order valence-electron chi connectivity index (χ3n) is 6.84. The zero-order valence-electron chi connectivity index (χ0n) is 20.1. The van der Waals surface area contributed by atoms with Crippen molar-refractivity contribution < 1.29 is 19.4 Å². The van der Waals surface area contributed by atoms with Crippen LogP contribution in [0, 0.1) is 0 Å². The minimum atomic E-state index is -0.751. The normalized spacial score (nSPS) is 14.6. The first kappa shape index (κ1) is 23.4. The molecule has 0 saturated heterocycles. The summed E-state index contributed by atoms with van der Waals surface area (Å²) < 4.78 is 7.16. The van der Waals surface area contributed by atoms with Crippen molar-refractivity contribution in [2.75, 3.05) is 5.32 Å². The molecule has 1 aliphatic carbocycles. The number of carboxylic acid groups (broad SMARTS) is 1. The van der Waals surface area contributed by atoms with Crippen LogP contribution in [-0.2, 0) is 22.0 Å². The number of hydrogen-bond donors (Lipinski definition) is 2. The molecule has 1 amide bonds. The van der Waals surface area contributed by atoms with Crippen LogP contribution in [0.2, 0.25) is 0 Å². The van der Waals surface area contributed by atoms with Crippen LogP contribution in [0.15, 0.2) is 85.1 Å². The minimum Gasteiger partial charge on any atom is -0.481 e. The summed E-state index contributed by atoms with van der Waals surface area (Å²) in [5.74, 6) is -0.209. The van der Waals surface area contributed by atoms with E-state index in [1.54, 1.807) is 17.9 Å². The number of anilines is 1. The molecule has 1 aromatic heterocycles. The van der Waals surface area contributed by atoms with Crippen LogP contribution >= 0.6 is 0 Å². The van der Waals surface area contributed by atoms with E-state index in [4.69, 9.17) is 4.74 Å². The van der Waals surface area contributed by atoms with Gasteiger partial charge in [0.15, 0.2) is 0 Å². The van der Waals surface area contributed by atoms with Gasteiger partial charge in [-0.15, -0.1) is 0 Å². The Kier molecular flexibility index (Phi) is 6.06. The van der Waals surface area contributed by atoms with Crippen LogP contribution < -0.4 is 5.32 Å². The predicted molar refractivity (Wildman–Crippen MR) is 138 cm³/mol. The Bertz CT molecular complexity index is 1390. The Morgan fingerprint density at radius 3 is 2.11 bits per heavy atom. The number of benzene rings is 3. The molecule has 1 atom stereocenters. The van der Waals surface area contributed by atoms with Gasteiger partial charge in [-0.25, -0.2) is 4.79 Å². The molecule has 7 heteroatoms. The van der Waals surface area contributed by atoms with Gasteiger partial charge in [0.2, 0.25) is 0 Å². The number of nitrogens with one attached hydrogen (secondary N) is 1. The van der Waals surface area contributed by atoms with Crippen LogP contribution in [0.4, 0.5) is 10.6 Å². The summed E-state index contributed by atoms with van der Waals surface area (Å²) in [5, 5.41) is 16.7. The molecule has 7 nitrogen and oxygen atoms in total. The predicted octanol–water partition coefficient (Wildman–Crippen LogP) is 6.18. The number of ether oxygens (including phenoxy) is 1. The summed E-state index contributed by atoms with van der Waals surface area (Å²) in [6.07, 6.45) is 2.15. The second kappa shape index (κ2) is 9.34. The van der Waals surface area contributed by atoms with Gasteiger partial charge in [-0.2, -0.15) is 5.10 Å². The van der Waals surface area contributed by atoms with Gasteiger partial charge in [-0.3, -0.25) is 14.8 Å². The maximum Gasteiger partial charge on any atom is 0.413 e. The van der Waals surface area contributed by atoms with Crippen molar-refractivity contribution in [3.05, 3.63) is 96.2 Å². The van der Waals surface area contributed by atoms with Gasteiger partial charge in [0, 0.05) is 12.6 Å². The van der Waals surface area contributed by atoms with Crippen LogP contribution in [-0.4, -0.2) is 26.9 Å². The van der Waals surface area contributed by atoms with Crippen LogP contribution in [0.5, 0.6) is 0 Å². The zero-order chi connectivity index (χ0) is 25.3. The molecule has 182 valence electrons. The highest BCUT2D eigenvalue weighted by atomic mass is 16.6. The van der Waals surface area contributed by atoms with Crippen molar-refractivity contribution in [2.45, 2.75) is 31.3 Å². The van der Waals surface area contributed by atoms with E-state index in [0.29, 0.717) is 18.7 Å². The second-order valence-corrected chi connectivity index (χ2v) is 9.16. The number of aryl methyl sites for hydroxylation is 1. The number of amides is 1. The smallest absolute Gasteiger partial charge is 0.413 e. The van der Waals surface area contributed by atoms with Crippen molar-refractivity contribution in [3.8, 4) is 22.3 Å². The molecule has 1 saturated carbocycles. The fraction of sp³-hybridized carbons (Fsp3) is 0.207. The zero-order valence-corrected chi connectivity index (χ0v) is 20.1. The molecule has 1 heterocycles. The molecule has 5 rings (SSSR count). The van der Waals surface area contributed by atoms with Gasteiger partial charge in [0.05, 0.1) is 11.6 Å². The number of nitrogens with zero attached hydrogens (tertiary/aromatic N) is 2. The molecular formula is C29H27N3O4. The lowest BCUT2D eigenvalue weighted by molar-refractivity contribution is -0.140. The number of rotatable bonds is 7. The fourth-order valence-electron chi connectivity index (χ4n) is 4.45. The molecule has 0 radical (unpaired) electrons. The summed E-state index contributed by atoms with van der Waals surface area (Å²) in [4.78, 5) is 24.2. The van der Waals surface area contributed by atoms with Crippen LogP contribution in [0.1, 0.15) is 37.0 Å². The van der Waals surface area contributed by atoms with Gasteiger partial charge >= 0.3 is 12.1 Å². The first-order valence-electron chi connectivity index (χ1n) is 11.9. The summed E-state index contributed by atoms with van der Waals surface area (Å²) in [6, 6.07) is 25.3. The number of aliphatic carboxylic acids is 1. The molecular weight excluding hydrogens is 454 g/mol. The van der Waals surface area contributed by atoms with Gasteiger partial charge in [0.1, 0.15) is 11.9 Å². The Labute approximate surface area is 209 Å². The molecule has 0 spiro atoms. The highest BCUT2D eigenvalue weighted by Gasteiger charge is 2.51. The Morgan fingerprint density at radius 1 is 0.944 bits per heavy atom. The quantitative estimate of drug-likeness (QED) is 0.329. The van der Waals surface area contributed by atoms with Crippen LogP contribution in [0.25, 0.3) is 22.3 Å². The van der Waals surface area contributed by atoms with E-state index in [-0.39, 0.29) is 6.10 Å². The first-order valence-corrected chi connectivity index (χ1v) is 11.9. The highest BCUT2D eigenvalue weighted by molar-refractivity contribution is 5.90. The monoisotopic (exact) mass is 481 g/mol. The Hall–Kier alpha value is -4.39. The average Bonchev–Trinajstić information content (AvgIpc) is 3.64. The molecule has 0 unspecified atom stereocenters. The molecule has 2 N–H and O–H groups in total. The standard InChI is InChI=1S/C29H27N3O4/c1-19(20-6-4-3-5-7-20)36-28(35)31-26-25(18-30-32(26)2)23-10-8-21(9-11-23)22-12-14-24(15-13-22)29(16-17-29)27(33)34/h3-15,18-19H,16-17H2,1-2H3,(H,31,35)(H,33,34)/t19-/m1/s1. The fourth-order valence-corrected chi connectivity index (χ4v) is 4.45. The number of hydrogen-bond acceptors (Lipinski definition) is 4. The van der Waals surface area contributed by atoms with Crippen molar-refractivity contribution >= 4 is 17.9 Å². The van der Waals surface area contributed by atoms with Crippen molar-refractivity contribution in [3.63, 3.8) is 0 Å². The van der Waals surface area contributed by atoms with Crippen LogP contribution in [0.3, 0.4) is 0 Å². The van der Waals surface area contributed by atoms with Gasteiger partial charge in [-0.05, 0) is 47.6 Å². The lowest BCUT2D eigenvalue weighted by Gasteiger charge is -2.15. The van der Waals surface area contributed by atoms with Crippen molar-refractivity contribution in [2.24, 2.45) is 7.05 Å². The molecule has 0 bridgehead atoms. The third-order valence-corrected chi connectivity index (χ3v) is 6.84. The van der Waals surface area contributed by atoms with Gasteiger partial charge in [-0.1, -0.05) is 78.9 Å². The van der Waals surface area contributed by atoms with Crippen molar-refractivity contribution in [1.82, 2.24) is 9.78 Å². The summed E-state index contributed by atoms with van der Waals surface area (Å²) in [7, 11) is 1.76. The summed E-state index contributed by atoms with van der Waals surface area (Å²) in [5.41, 5.74) is 4.77. The maximum atomic E-state index is 12.6.